The lowest BCUT2D eigenvalue weighted by atomic mass is 10.0. The van der Waals surface area contributed by atoms with Gasteiger partial charge in [-0.3, -0.25) is 4.79 Å². The van der Waals surface area contributed by atoms with Crippen molar-refractivity contribution in [2.24, 2.45) is 0 Å². The minimum Gasteiger partial charge on any atom is -0.468 e. The largest absolute Gasteiger partial charge is 0.468 e. The molecule has 3 nitrogen and oxygen atoms in total. The Balaban J connectivity index is 2.98. The molecule has 22 heavy (non-hydrogen) atoms. The van der Waals surface area contributed by atoms with E-state index in [0.717, 1.165) is 13.0 Å². The summed E-state index contributed by atoms with van der Waals surface area (Å²) in [6.45, 7) is 3.54. The summed E-state index contributed by atoms with van der Waals surface area (Å²) < 4.78 is 4.57. The van der Waals surface area contributed by atoms with Crippen LogP contribution in [0.15, 0.2) is 0 Å². The van der Waals surface area contributed by atoms with Crippen molar-refractivity contribution in [3.8, 4) is 0 Å². The van der Waals surface area contributed by atoms with E-state index in [4.69, 9.17) is 0 Å². The third-order valence-electron chi connectivity index (χ3n) is 4.20. The van der Waals surface area contributed by atoms with E-state index >= 15 is 0 Å². The van der Waals surface area contributed by atoms with Crippen LogP contribution in [0.1, 0.15) is 96.8 Å². The minimum absolute atomic E-state index is 0.176. The van der Waals surface area contributed by atoms with Crippen LogP contribution in [0.4, 0.5) is 0 Å². The number of carbonyl (C=O) groups excluding carboxylic acids is 1. The van der Waals surface area contributed by atoms with E-state index in [9.17, 15) is 4.79 Å². The van der Waals surface area contributed by atoms with Gasteiger partial charge in [-0.1, -0.05) is 90.4 Å². The maximum atomic E-state index is 10.9. The van der Waals surface area contributed by atoms with Crippen LogP contribution in [0, 0.1) is 0 Å². The molecular weight excluding hydrogens is 274 g/mol. The van der Waals surface area contributed by atoms with Gasteiger partial charge in [-0.15, -0.1) is 0 Å². The quantitative estimate of drug-likeness (QED) is 0.295. The Morgan fingerprint density at radius 1 is 0.727 bits per heavy atom. The fourth-order valence-electron chi connectivity index (χ4n) is 2.71. The molecule has 0 fully saturated rings. The molecule has 0 aromatic rings. The molecule has 0 radical (unpaired) electrons. The third-order valence-corrected chi connectivity index (χ3v) is 4.20. The summed E-state index contributed by atoms with van der Waals surface area (Å²) in [6, 6.07) is 0. The lowest BCUT2D eigenvalue weighted by molar-refractivity contribution is -0.139. The number of rotatable bonds is 17. The maximum absolute atomic E-state index is 10.9. The lowest BCUT2D eigenvalue weighted by Gasteiger charge is -2.04. The average Bonchev–Trinajstić information content (AvgIpc) is 2.54. The Bertz CT molecular complexity index is 231. The van der Waals surface area contributed by atoms with Crippen LogP contribution in [-0.2, 0) is 9.53 Å². The first-order valence-corrected chi connectivity index (χ1v) is 9.58. The van der Waals surface area contributed by atoms with Gasteiger partial charge >= 0.3 is 5.97 Å². The van der Waals surface area contributed by atoms with Gasteiger partial charge in [0.05, 0.1) is 13.7 Å². The molecule has 0 unspecified atom stereocenters. The molecule has 0 saturated carbocycles. The molecule has 0 aromatic carbocycles. The fourth-order valence-corrected chi connectivity index (χ4v) is 2.71. The van der Waals surface area contributed by atoms with Crippen molar-refractivity contribution in [3.05, 3.63) is 0 Å². The molecule has 0 aliphatic carbocycles. The molecule has 0 aliphatic rings. The van der Waals surface area contributed by atoms with Gasteiger partial charge < -0.3 is 10.1 Å². The van der Waals surface area contributed by atoms with E-state index in [-0.39, 0.29) is 5.97 Å². The first kappa shape index (κ1) is 21.4. The summed E-state index contributed by atoms with van der Waals surface area (Å²) in [5, 5.41) is 3.10. The van der Waals surface area contributed by atoms with E-state index in [0.29, 0.717) is 6.54 Å². The summed E-state index contributed by atoms with van der Waals surface area (Å²) in [6.07, 6.45) is 19.3. The number of methoxy groups -OCH3 is 1. The minimum atomic E-state index is -0.176. The molecular formula is C19H39NO2. The molecule has 1 N–H and O–H groups in total. The van der Waals surface area contributed by atoms with Gasteiger partial charge in [-0.2, -0.15) is 0 Å². The first-order chi connectivity index (χ1) is 10.8. The maximum Gasteiger partial charge on any atom is 0.319 e. The highest BCUT2D eigenvalue weighted by atomic mass is 16.5. The van der Waals surface area contributed by atoms with Crippen molar-refractivity contribution >= 4 is 5.97 Å². The number of hydrogen-bond acceptors (Lipinski definition) is 3. The number of esters is 1. The molecule has 0 amide bonds. The molecule has 0 spiro atoms. The highest BCUT2D eigenvalue weighted by Crippen LogP contribution is 2.12. The van der Waals surface area contributed by atoms with Crippen molar-refractivity contribution in [2.75, 3.05) is 20.2 Å². The van der Waals surface area contributed by atoms with Crippen molar-refractivity contribution in [2.45, 2.75) is 96.8 Å². The molecule has 0 rings (SSSR count). The summed E-state index contributed by atoms with van der Waals surface area (Å²) in [5.41, 5.74) is 0. The molecule has 0 atom stereocenters. The highest BCUT2D eigenvalue weighted by molar-refractivity contribution is 5.71. The van der Waals surface area contributed by atoms with E-state index in [2.05, 4.69) is 17.0 Å². The van der Waals surface area contributed by atoms with Gasteiger partial charge in [0.15, 0.2) is 0 Å². The van der Waals surface area contributed by atoms with E-state index in [1.165, 1.54) is 90.6 Å². The zero-order valence-corrected chi connectivity index (χ0v) is 15.1. The lowest BCUT2D eigenvalue weighted by Crippen LogP contribution is -2.24. The molecule has 0 saturated heterocycles. The predicted molar refractivity (Wildman–Crippen MR) is 95.2 cm³/mol. The number of unbranched alkanes of at least 4 members (excludes halogenated alkanes) is 13. The number of ether oxygens (including phenoxy) is 1. The summed E-state index contributed by atoms with van der Waals surface area (Å²) in [4.78, 5) is 10.9. The number of nitrogens with one attached hydrogen (secondary N) is 1. The second-order valence-corrected chi connectivity index (χ2v) is 6.35. The average molecular weight is 314 g/mol. The number of carbonyl (C=O) groups is 1. The summed E-state index contributed by atoms with van der Waals surface area (Å²) in [5.74, 6) is -0.176. The van der Waals surface area contributed by atoms with Gasteiger partial charge in [0, 0.05) is 0 Å². The van der Waals surface area contributed by atoms with Gasteiger partial charge in [0.1, 0.15) is 0 Å². The van der Waals surface area contributed by atoms with Crippen molar-refractivity contribution < 1.29 is 9.53 Å². The summed E-state index contributed by atoms with van der Waals surface area (Å²) >= 11 is 0. The zero-order valence-electron chi connectivity index (χ0n) is 15.1. The van der Waals surface area contributed by atoms with Crippen LogP contribution in [-0.4, -0.2) is 26.2 Å². The van der Waals surface area contributed by atoms with Crippen LogP contribution in [0.2, 0.25) is 0 Å². The van der Waals surface area contributed by atoms with Crippen LogP contribution < -0.4 is 5.32 Å². The Kier molecular flexibility index (Phi) is 18.0. The van der Waals surface area contributed by atoms with E-state index < -0.39 is 0 Å². The SMILES string of the molecule is CCCCCCCCCCCCCCCCNCC(=O)OC. The Hall–Kier alpha value is -0.570. The summed E-state index contributed by atoms with van der Waals surface area (Å²) in [7, 11) is 1.43. The first-order valence-electron chi connectivity index (χ1n) is 9.58. The zero-order chi connectivity index (χ0) is 16.3. The Labute approximate surface area is 138 Å². The topological polar surface area (TPSA) is 38.3 Å². The van der Waals surface area contributed by atoms with E-state index in [1.54, 1.807) is 0 Å². The standard InChI is InChI=1S/C19H39NO2/c1-3-4-5-6-7-8-9-10-11-12-13-14-15-16-17-20-18-19(21)22-2/h20H,3-18H2,1-2H3. The predicted octanol–water partition coefficient (Wildman–Crippen LogP) is 5.23. The molecule has 0 heterocycles. The van der Waals surface area contributed by atoms with Crippen molar-refractivity contribution in [1.29, 1.82) is 0 Å². The molecule has 3 heteroatoms. The van der Waals surface area contributed by atoms with Gasteiger partial charge in [-0.25, -0.2) is 0 Å². The van der Waals surface area contributed by atoms with Gasteiger partial charge in [0.25, 0.3) is 0 Å². The fraction of sp³-hybridized carbons (Fsp3) is 0.947. The van der Waals surface area contributed by atoms with Crippen LogP contribution in [0.3, 0.4) is 0 Å². The number of hydrogen-bond donors (Lipinski definition) is 1. The molecule has 132 valence electrons. The second-order valence-electron chi connectivity index (χ2n) is 6.35. The van der Waals surface area contributed by atoms with Gasteiger partial charge in [0.2, 0.25) is 0 Å². The smallest absolute Gasteiger partial charge is 0.319 e. The Morgan fingerprint density at radius 2 is 1.14 bits per heavy atom. The second kappa shape index (κ2) is 18.5. The van der Waals surface area contributed by atoms with Crippen molar-refractivity contribution in [3.63, 3.8) is 0 Å². The molecule has 0 aromatic heterocycles. The molecule has 0 bridgehead atoms. The van der Waals surface area contributed by atoms with Crippen molar-refractivity contribution in [1.82, 2.24) is 5.32 Å². The highest BCUT2D eigenvalue weighted by Gasteiger charge is 1.97. The third kappa shape index (κ3) is 17.5. The Morgan fingerprint density at radius 3 is 1.55 bits per heavy atom. The van der Waals surface area contributed by atoms with E-state index in [1.807, 2.05) is 0 Å². The monoisotopic (exact) mass is 313 g/mol. The van der Waals surface area contributed by atoms with Crippen LogP contribution in [0.5, 0.6) is 0 Å². The van der Waals surface area contributed by atoms with Gasteiger partial charge in [-0.05, 0) is 13.0 Å². The van der Waals surface area contributed by atoms with Crippen LogP contribution in [0.25, 0.3) is 0 Å². The normalized spacial score (nSPS) is 10.8. The molecule has 0 aliphatic heterocycles. The van der Waals surface area contributed by atoms with Crippen LogP contribution >= 0.6 is 0 Å².